The van der Waals surface area contributed by atoms with Gasteiger partial charge < -0.3 is 5.11 Å². The SMILES string of the molecule is CCCCC(O)(CCCC)[C@H](CC(C)C)NS(=O)(=O)c1ccc(C)cc1. The van der Waals surface area contributed by atoms with E-state index in [-0.39, 0.29) is 10.8 Å². The zero-order valence-electron chi connectivity index (χ0n) is 17.1. The molecule has 0 aliphatic rings. The van der Waals surface area contributed by atoms with Gasteiger partial charge in [0, 0.05) is 0 Å². The molecule has 1 aromatic carbocycles. The molecule has 0 aliphatic heterocycles. The number of rotatable bonds is 12. The minimum absolute atomic E-state index is 0.255. The Bertz CT molecular complexity index is 615. The highest BCUT2D eigenvalue weighted by Gasteiger charge is 2.38. The lowest BCUT2D eigenvalue weighted by Gasteiger charge is -2.38. The fraction of sp³-hybridized carbons (Fsp3) is 0.714. The van der Waals surface area contributed by atoms with E-state index < -0.39 is 21.7 Å². The second-order valence-electron chi connectivity index (χ2n) is 7.93. The number of hydrogen-bond acceptors (Lipinski definition) is 3. The second-order valence-corrected chi connectivity index (χ2v) is 9.64. The number of unbranched alkanes of at least 4 members (excludes halogenated alkanes) is 2. The van der Waals surface area contributed by atoms with Crippen LogP contribution < -0.4 is 4.72 Å². The van der Waals surface area contributed by atoms with Crippen LogP contribution in [-0.2, 0) is 10.0 Å². The summed E-state index contributed by atoms with van der Waals surface area (Å²) in [4.78, 5) is 0.255. The van der Waals surface area contributed by atoms with Gasteiger partial charge in [-0.05, 0) is 44.2 Å². The molecule has 150 valence electrons. The van der Waals surface area contributed by atoms with Crippen molar-refractivity contribution in [2.45, 2.75) is 96.1 Å². The first-order valence-corrected chi connectivity index (χ1v) is 11.4. The van der Waals surface area contributed by atoms with Crippen LogP contribution in [-0.4, -0.2) is 25.2 Å². The predicted octanol–water partition coefficient (Wildman–Crippen LogP) is 4.80. The van der Waals surface area contributed by atoms with Crippen LogP contribution in [0, 0.1) is 12.8 Å². The highest BCUT2D eigenvalue weighted by Crippen LogP contribution is 2.30. The summed E-state index contributed by atoms with van der Waals surface area (Å²) in [7, 11) is -3.67. The van der Waals surface area contributed by atoms with Gasteiger partial charge in [-0.25, -0.2) is 13.1 Å². The number of hydrogen-bond donors (Lipinski definition) is 2. The van der Waals surface area contributed by atoms with Gasteiger partial charge in [0.2, 0.25) is 10.0 Å². The van der Waals surface area contributed by atoms with Crippen molar-refractivity contribution >= 4 is 10.0 Å². The third kappa shape index (κ3) is 7.01. The molecule has 0 bridgehead atoms. The highest BCUT2D eigenvalue weighted by atomic mass is 32.2. The highest BCUT2D eigenvalue weighted by molar-refractivity contribution is 7.89. The lowest BCUT2D eigenvalue weighted by atomic mass is 9.81. The summed E-state index contributed by atoms with van der Waals surface area (Å²) in [6, 6.07) is 6.37. The smallest absolute Gasteiger partial charge is 0.240 e. The Morgan fingerprint density at radius 1 is 1.04 bits per heavy atom. The van der Waals surface area contributed by atoms with E-state index in [1.54, 1.807) is 24.3 Å². The van der Waals surface area contributed by atoms with Crippen LogP contribution in [0.15, 0.2) is 29.2 Å². The van der Waals surface area contributed by atoms with Crippen LogP contribution in [0.5, 0.6) is 0 Å². The van der Waals surface area contributed by atoms with Gasteiger partial charge >= 0.3 is 0 Å². The molecule has 0 fully saturated rings. The molecule has 26 heavy (non-hydrogen) atoms. The van der Waals surface area contributed by atoms with E-state index in [1.165, 1.54) is 0 Å². The molecule has 1 aromatic rings. The molecule has 4 nitrogen and oxygen atoms in total. The van der Waals surface area contributed by atoms with Crippen LogP contribution in [0.3, 0.4) is 0 Å². The molecule has 0 spiro atoms. The Hall–Kier alpha value is -0.910. The zero-order chi connectivity index (χ0) is 19.8. The molecule has 1 atom stereocenters. The van der Waals surface area contributed by atoms with Crippen molar-refractivity contribution in [2.75, 3.05) is 0 Å². The Balaban J connectivity index is 3.14. The first-order chi connectivity index (χ1) is 12.1. The van der Waals surface area contributed by atoms with Crippen molar-refractivity contribution in [1.29, 1.82) is 0 Å². The molecule has 1 rings (SSSR count). The number of benzene rings is 1. The Morgan fingerprint density at radius 3 is 1.96 bits per heavy atom. The molecule has 5 heteroatoms. The Morgan fingerprint density at radius 2 is 1.54 bits per heavy atom. The monoisotopic (exact) mass is 383 g/mol. The molecule has 0 saturated heterocycles. The van der Waals surface area contributed by atoms with E-state index in [0.29, 0.717) is 19.3 Å². The number of sulfonamides is 1. The molecular weight excluding hydrogens is 346 g/mol. The van der Waals surface area contributed by atoms with Gasteiger partial charge in [0.15, 0.2) is 0 Å². The normalized spacial score (nSPS) is 14.0. The van der Waals surface area contributed by atoms with Gasteiger partial charge in [0.25, 0.3) is 0 Å². The second kappa shape index (κ2) is 10.4. The van der Waals surface area contributed by atoms with Crippen molar-refractivity contribution < 1.29 is 13.5 Å². The van der Waals surface area contributed by atoms with Gasteiger partial charge in [0.05, 0.1) is 16.5 Å². The number of nitrogens with one attached hydrogen (secondary N) is 1. The summed E-state index contributed by atoms with van der Waals surface area (Å²) in [6.07, 6.45) is 5.60. The van der Waals surface area contributed by atoms with Crippen molar-refractivity contribution in [3.8, 4) is 0 Å². The van der Waals surface area contributed by atoms with Crippen molar-refractivity contribution in [3.05, 3.63) is 29.8 Å². The predicted molar refractivity (Wildman–Crippen MR) is 109 cm³/mol. The fourth-order valence-corrected chi connectivity index (χ4v) is 4.58. The largest absolute Gasteiger partial charge is 0.388 e. The molecule has 0 unspecified atom stereocenters. The Labute approximate surface area is 160 Å². The summed E-state index contributed by atoms with van der Waals surface area (Å²) in [5.74, 6) is 0.287. The van der Waals surface area contributed by atoms with E-state index in [2.05, 4.69) is 32.4 Å². The van der Waals surface area contributed by atoms with Crippen LogP contribution in [0.1, 0.15) is 78.2 Å². The standard InChI is InChI=1S/C21H37NO3S/c1-6-8-14-21(23,15-9-7-2)20(16-17(3)4)22-26(24,25)19-12-10-18(5)11-13-19/h10-13,17,20,22-23H,6-9,14-16H2,1-5H3/t20-/m0/s1. The summed E-state index contributed by atoms with van der Waals surface area (Å²) in [5.41, 5.74) is 0.0127. The maximum Gasteiger partial charge on any atom is 0.240 e. The third-order valence-electron chi connectivity index (χ3n) is 4.91. The van der Waals surface area contributed by atoms with E-state index >= 15 is 0 Å². The molecule has 0 heterocycles. The van der Waals surface area contributed by atoms with Crippen molar-refractivity contribution in [1.82, 2.24) is 4.72 Å². The van der Waals surface area contributed by atoms with Gasteiger partial charge in [-0.3, -0.25) is 0 Å². The maximum absolute atomic E-state index is 12.9. The minimum Gasteiger partial charge on any atom is -0.388 e. The van der Waals surface area contributed by atoms with Crippen LogP contribution in [0.25, 0.3) is 0 Å². The van der Waals surface area contributed by atoms with Gasteiger partial charge in [0.1, 0.15) is 0 Å². The Kier molecular flexibility index (Phi) is 9.28. The lowest BCUT2D eigenvalue weighted by molar-refractivity contribution is -0.0169. The molecule has 0 radical (unpaired) electrons. The van der Waals surface area contributed by atoms with E-state index in [4.69, 9.17) is 0 Å². The first-order valence-electron chi connectivity index (χ1n) is 9.96. The summed E-state index contributed by atoms with van der Waals surface area (Å²) in [5, 5.41) is 11.4. The topological polar surface area (TPSA) is 66.4 Å². The quantitative estimate of drug-likeness (QED) is 0.545. The molecule has 2 N–H and O–H groups in total. The van der Waals surface area contributed by atoms with E-state index in [1.807, 2.05) is 6.92 Å². The first kappa shape index (κ1) is 23.1. The third-order valence-corrected chi connectivity index (χ3v) is 6.40. The molecular formula is C21H37NO3S. The van der Waals surface area contributed by atoms with Crippen molar-refractivity contribution in [2.24, 2.45) is 5.92 Å². The molecule has 0 saturated carbocycles. The van der Waals surface area contributed by atoms with E-state index in [9.17, 15) is 13.5 Å². The van der Waals surface area contributed by atoms with Crippen LogP contribution in [0.2, 0.25) is 0 Å². The average molecular weight is 384 g/mol. The molecule has 0 aliphatic carbocycles. The maximum atomic E-state index is 12.9. The number of aliphatic hydroxyl groups is 1. The van der Waals surface area contributed by atoms with Gasteiger partial charge in [-0.2, -0.15) is 0 Å². The average Bonchev–Trinajstić information content (AvgIpc) is 2.57. The van der Waals surface area contributed by atoms with Gasteiger partial charge in [-0.15, -0.1) is 0 Å². The molecule has 0 aromatic heterocycles. The summed E-state index contributed by atoms with van der Waals surface area (Å²) < 4.78 is 28.7. The molecule has 0 amide bonds. The minimum atomic E-state index is -3.67. The number of aryl methyl sites for hydroxylation is 1. The van der Waals surface area contributed by atoms with E-state index in [0.717, 1.165) is 31.2 Å². The van der Waals surface area contributed by atoms with Crippen LogP contribution >= 0.6 is 0 Å². The summed E-state index contributed by atoms with van der Waals surface area (Å²) >= 11 is 0. The van der Waals surface area contributed by atoms with Crippen molar-refractivity contribution in [3.63, 3.8) is 0 Å². The summed E-state index contributed by atoms with van der Waals surface area (Å²) in [6.45, 7) is 10.2. The van der Waals surface area contributed by atoms with Gasteiger partial charge in [-0.1, -0.05) is 71.1 Å². The zero-order valence-corrected chi connectivity index (χ0v) is 17.9. The van der Waals surface area contributed by atoms with Crippen LogP contribution in [0.4, 0.5) is 0 Å². The lowest BCUT2D eigenvalue weighted by Crippen LogP contribution is -2.53. The fourth-order valence-electron chi connectivity index (χ4n) is 3.26.